The van der Waals surface area contributed by atoms with E-state index in [2.05, 4.69) is 11.4 Å². The van der Waals surface area contributed by atoms with Gasteiger partial charge in [0.25, 0.3) is 0 Å². The second-order valence-corrected chi connectivity index (χ2v) is 8.68. The summed E-state index contributed by atoms with van der Waals surface area (Å²) in [5.41, 5.74) is 3.71. The minimum Gasteiger partial charge on any atom is -0.478 e. The van der Waals surface area contributed by atoms with E-state index in [9.17, 15) is 4.79 Å². The van der Waals surface area contributed by atoms with Gasteiger partial charge in [0, 0.05) is 5.02 Å². The van der Waals surface area contributed by atoms with Gasteiger partial charge in [-0.15, -0.1) is 0 Å². The normalized spacial score (nSPS) is 31.2. The van der Waals surface area contributed by atoms with E-state index in [-0.39, 0.29) is 6.04 Å². The quantitative estimate of drug-likeness (QED) is 0.665. The Kier molecular flexibility index (Phi) is 3.74. The molecule has 5 heteroatoms. The molecule has 3 aliphatic rings. The van der Waals surface area contributed by atoms with Crippen LogP contribution >= 0.6 is 23.2 Å². The Bertz CT molecular complexity index is 896. The summed E-state index contributed by atoms with van der Waals surface area (Å²) in [4.78, 5) is 11.2. The van der Waals surface area contributed by atoms with Crippen molar-refractivity contribution in [1.82, 2.24) is 0 Å². The van der Waals surface area contributed by atoms with E-state index in [0.717, 1.165) is 11.3 Å². The van der Waals surface area contributed by atoms with Crippen LogP contribution < -0.4 is 5.32 Å². The molecule has 5 rings (SSSR count). The Morgan fingerprint density at radius 1 is 1.08 bits per heavy atom. The van der Waals surface area contributed by atoms with E-state index in [1.807, 2.05) is 12.1 Å². The smallest absolute Gasteiger partial charge is 0.335 e. The molecular formula is C21H19Cl2NO2. The van der Waals surface area contributed by atoms with Crippen molar-refractivity contribution in [3.8, 4) is 0 Å². The molecule has 2 aromatic rings. The van der Waals surface area contributed by atoms with Crippen molar-refractivity contribution in [3.05, 3.63) is 63.1 Å². The van der Waals surface area contributed by atoms with E-state index in [4.69, 9.17) is 28.3 Å². The van der Waals surface area contributed by atoms with Crippen LogP contribution in [0.3, 0.4) is 0 Å². The highest BCUT2D eigenvalue weighted by Gasteiger charge is 2.54. The standard InChI is InChI=1S/C21H19Cl2NO2/c22-14-8-15-17-12-5-6-13(7-12)18(17)19(24-20(15)16(23)9-14)10-1-3-11(4-2-10)21(25)26/h1-4,8-9,12-13,17-19,24H,5-7H2,(H,25,26)/t12-,13-,17-,18-,19-/m0/s1. The van der Waals surface area contributed by atoms with Crippen molar-refractivity contribution < 1.29 is 9.90 Å². The van der Waals surface area contributed by atoms with E-state index in [1.54, 1.807) is 18.2 Å². The molecule has 0 spiro atoms. The van der Waals surface area contributed by atoms with Gasteiger partial charge < -0.3 is 10.4 Å². The number of halogens is 2. The van der Waals surface area contributed by atoms with Crippen LogP contribution in [0.25, 0.3) is 0 Å². The molecule has 0 unspecified atom stereocenters. The van der Waals surface area contributed by atoms with Crippen LogP contribution in [-0.4, -0.2) is 11.1 Å². The molecule has 2 aromatic carbocycles. The maximum atomic E-state index is 11.2. The average molecular weight is 388 g/mol. The van der Waals surface area contributed by atoms with Crippen LogP contribution in [-0.2, 0) is 0 Å². The average Bonchev–Trinajstić information content (AvgIpc) is 3.23. The fraction of sp³-hybridized carbons (Fsp3) is 0.381. The monoisotopic (exact) mass is 387 g/mol. The minimum absolute atomic E-state index is 0.157. The summed E-state index contributed by atoms with van der Waals surface area (Å²) in [5.74, 6) is 1.49. The maximum Gasteiger partial charge on any atom is 0.335 e. The summed E-state index contributed by atoms with van der Waals surface area (Å²) in [6, 6.07) is 11.3. The van der Waals surface area contributed by atoms with Gasteiger partial charge in [-0.1, -0.05) is 35.3 Å². The Morgan fingerprint density at radius 3 is 2.54 bits per heavy atom. The first-order valence-corrected chi connectivity index (χ1v) is 9.87. The topological polar surface area (TPSA) is 49.3 Å². The maximum absolute atomic E-state index is 11.2. The Hall–Kier alpha value is -1.71. The highest BCUT2D eigenvalue weighted by Crippen LogP contribution is 2.64. The molecule has 2 fully saturated rings. The summed E-state index contributed by atoms with van der Waals surface area (Å²) in [5, 5.41) is 14.2. The summed E-state index contributed by atoms with van der Waals surface area (Å²) in [6.07, 6.45) is 3.82. The van der Waals surface area contributed by atoms with Gasteiger partial charge in [0.15, 0.2) is 0 Å². The lowest BCUT2D eigenvalue weighted by molar-refractivity contribution is 0.0697. The molecule has 134 valence electrons. The molecule has 0 saturated heterocycles. The lowest BCUT2D eigenvalue weighted by atomic mass is 9.68. The summed E-state index contributed by atoms with van der Waals surface area (Å²) in [6.45, 7) is 0. The number of aromatic carboxylic acids is 1. The number of anilines is 1. The molecule has 0 radical (unpaired) electrons. The fourth-order valence-corrected chi connectivity index (χ4v) is 6.24. The number of fused-ring (bicyclic) bond motifs is 7. The second-order valence-electron chi connectivity index (χ2n) is 7.84. The van der Waals surface area contributed by atoms with Crippen molar-refractivity contribution in [2.24, 2.45) is 17.8 Å². The molecule has 5 atom stereocenters. The van der Waals surface area contributed by atoms with Gasteiger partial charge in [0.05, 0.1) is 22.3 Å². The summed E-state index contributed by atoms with van der Waals surface area (Å²) >= 11 is 12.8. The number of carboxylic acid groups (broad SMARTS) is 1. The van der Waals surface area contributed by atoms with E-state index in [0.29, 0.717) is 39.3 Å². The molecule has 3 nitrogen and oxygen atoms in total. The van der Waals surface area contributed by atoms with Crippen LogP contribution in [0.2, 0.25) is 10.0 Å². The third-order valence-corrected chi connectivity index (χ3v) is 7.14. The first kappa shape index (κ1) is 16.5. The van der Waals surface area contributed by atoms with Gasteiger partial charge in [-0.25, -0.2) is 4.79 Å². The first-order valence-electron chi connectivity index (χ1n) is 9.11. The number of nitrogens with one attached hydrogen (secondary N) is 1. The molecule has 2 saturated carbocycles. The van der Waals surface area contributed by atoms with Gasteiger partial charge in [-0.2, -0.15) is 0 Å². The lowest BCUT2D eigenvalue weighted by Gasteiger charge is -2.44. The van der Waals surface area contributed by atoms with Crippen molar-refractivity contribution in [2.45, 2.75) is 31.2 Å². The van der Waals surface area contributed by atoms with Gasteiger partial charge >= 0.3 is 5.97 Å². The van der Waals surface area contributed by atoms with Crippen LogP contribution in [0, 0.1) is 17.8 Å². The van der Waals surface area contributed by atoms with Crippen molar-refractivity contribution in [2.75, 3.05) is 5.32 Å². The van der Waals surface area contributed by atoms with E-state index in [1.165, 1.54) is 24.8 Å². The number of hydrogen-bond donors (Lipinski definition) is 2. The predicted octanol–water partition coefficient (Wildman–Crippen LogP) is 5.99. The predicted molar refractivity (Wildman–Crippen MR) is 103 cm³/mol. The van der Waals surface area contributed by atoms with Crippen LogP contribution in [0.1, 0.15) is 52.7 Å². The van der Waals surface area contributed by atoms with Crippen LogP contribution in [0.4, 0.5) is 5.69 Å². The second kappa shape index (κ2) is 5.90. The number of benzene rings is 2. The van der Waals surface area contributed by atoms with E-state index < -0.39 is 5.97 Å². The molecule has 2 aliphatic carbocycles. The van der Waals surface area contributed by atoms with Gasteiger partial charge in [-0.3, -0.25) is 0 Å². The van der Waals surface area contributed by atoms with Gasteiger partial charge in [0.2, 0.25) is 0 Å². The Labute approximate surface area is 162 Å². The minimum atomic E-state index is -0.894. The van der Waals surface area contributed by atoms with Crippen molar-refractivity contribution >= 4 is 34.9 Å². The zero-order chi connectivity index (χ0) is 18.0. The van der Waals surface area contributed by atoms with Crippen LogP contribution in [0.15, 0.2) is 36.4 Å². The molecular weight excluding hydrogens is 369 g/mol. The third-order valence-electron chi connectivity index (χ3n) is 6.63. The highest BCUT2D eigenvalue weighted by atomic mass is 35.5. The number of carbonyl (C=O) groups is 1. The molecule has 26 heavy (non-hydrogen) atoms. The first-order chi connectivity index (χ1) is 12.5. The SMILES string of the molecule is O=C(O)c1ccc([C@@H]2Nc3c(Cl)cc(Cl)cc3[C@@H]3[C@H]4CC[C@@H](C4)[C@@H]32)cc1. The van der Waals surface area contributed by atoms with Crippen LogP contribution in [0.5, 0.6) is 0 Å². The number of carboxylic acids is 1. The lowest BCUT2D eigenvalue weighted by Crippen LogP contribution is -2.35. The summed E-state index contributed by atoms with van der Waals surface area (Å²) in [7, 11) is 0. The van der Waals surface area contributed by atoms with Gasteiger partial charge in [0.1, 0.15) is 0 Å². The van der Waals surface area contributed by atoms with E-state index >= 15 is 0 Å². The molecule has 0 aromatic heterocycles. The van der Waals surface area contributed by atoms with Crippen molar-refractivity contribution in [1.29, 1.82) is 0 Å². The highest BCUT2D eigenvalue weighted by molar-refractivity contribution is 6.36. The fourth-order valence-electron chi connectivity index (χ4n) is 5.68. The Morgan fingerprint density at radius 2 is 1.81 bits per heavy atom. The molecule has 1 heterocycles. The summed E-state index contributed by atoms with van der Waals surface area (Å²) < 4.78 is 0. The Balaban J connectivity index is 1.61. The van der Waals surface area contributed by atoms with Gasteiger partial charge in [-0.05, 0) is 78.3 Å². The number of rotatable bonds is 2. The number of hydrogen-bond acceptors (Lipinski definition) is 2. The largest absolute Gasteiger partial charge is 0.478 e. The molecule has 2 N–H and O–H groups in total. The molecule has 2 bridgehead atoms. The third kappa shape index (κ3) is 2.37. The zero-order valence-corrected chi connectivity index (χ0v) is 15.6. The molecule has 0 amide bonds. The van der Waals surface area contributed by atoms with Crippen molar-refractivity contribution in [3.63, 3.8) is 0 Å². The zero-order valence-electron chi connectivity index (χ0n) is 14.1. The molecule has 1 aliphatic heterocycles.